The Balaban J connectivity index is 2.65. The monoisotopic (exact) mass is 556 g/mol. The maximum Gasteiger partial charge on any atom is 0.303 e. The molecule has 0 bridgehead atoms. The maximum absolute atomic E-state index is 13.0. The van der Waals surface area contributed by atoms with Crippen LogP contribution in [-0.4, -0.2) is 81.6 Å². The first-order valence-electron chi connectivity index (χ1n) is 10.1. The van der Waals surface area contributed by atoms with Gasteiger partial charge in [0.15, 0.2) is 12.2 Å². The molecule has 0 spiro atoms. The lowest BCUT2D eigenvalue weighted by atomic mass is 9.94. The minimum absolute atomic E-state index is 0.0952. The van der Waals surface area contributed by atoms with E-state index in [1.807, 2.05) is 0 Å². The molecule has 2 aliphatic heterocycles. The number of rotatable bonds is 6. The molecule has 2 aliphatic rings. The Morgan fingerprint density at radius 1 is 0.914 bits per heavy atom. The molecule has 0 aromatic rings. The van der Waals surface area contributed by atoms with E-state index < -0.39 is 76.7 Å². The van der Waals surface area contributed by atoms with Crippen LogP contribution in [0.1, 0.15) is 34.6 Å². The van der Waals surface area contributed by atoms with Gasteiger partial charge in [0.2, 0.25) is 12.2 Å². The highest BCUT2D eigenvalue weighted by Crippen LogP contribution is 2.37. The predicted molar refractivity (Wildman–Crippen MR) is 120 cm³/mol. The number of carbonyl (C=O) groups excluding carboxylic acids is 5. The van der Waals surface area contributed by atoms with Gasteiger partial charge in [0, 0.05) is 31.9 Å². The van der Waals surface area contributed by atoms with Crippen molar-refractivity contribution in [2.45, 2.75) is 69.1 Å². The van der Waals surface area contributed by atoms with Gasteiger partial charge in [-0.1, -0.05) is 34.8 Å². The summed E-state index contributed by atoms with van der Waals surface area (Å²) in [6.07, 6.45) is -6.14. The standard InChI is InChI=1S/C20H23Cl3N2O10/c1-7-8(2)17(30)25(16(7)29)13-15(33-11(5)28)14(32-10(4)27)12(6-31-9(3)26)34-18(13)35-19(24)20(21,22)23/h12-15,18,24H,6H2,1-5H3/t12-,13-,14-,15-,18+/m1/s1. The van der Waals surface area contributed by atoms with Crippen LogP contribution in [0.3, 0.4) is 0 Å². The van der Waals surface area contributed by atoms with Crippen molar-refractivity contribution in [3.05, 3.63) is 11.1 Å². The zero-order chi connectivity index (χ0) is 26.8. The van der Waals surface area contributed by atoms with Crippen LogP contribution in [0.25, 0.3) is 0 Å². The number of nitrogens with one attached hydrogen (secondary N) is 1. The van der Waals surface area contributed by atoms with E-state index in [9.17, 15) is 24.0 Å². The number of hydrogen-bond acceptors (Lipinski definition) is 11. The normalized spacial score (nSPS) is 27.0. The Hall–Kier alpha value is -2.41. The molecule has 1 fully saturated rings. The molecular formula is C20H23Cl3N2O10. The Kier molecular flexibility index (Phi) is 9.15. The summed E-state index contributed by atoms with van der Waals surface area (Å²) in [5.41, 5.74) is 0.190. The van der Waals surface area contributed by atoms with E-state index >= 15 is 0 Å². The second-order valence-electron chi connectivity index (χ2n) is 7.66. The van der Waals surface area contributed by atoms with E-state index in [2.05, 4.69) is 0 Å². The lowest BCUT2D eigenvalue weighted by Crippen LogP contribution is -2.68. The molecule has 0 unspecified atom stereocenters. The van der Waals surface area contributed by atoms with Gasteiger partial charge in [0.05, 0.1) is 0 Å². The Morgan fingerprint density at radius 3 is 1.83 bits per heavy atom. The summed E-state index contributed by atoms with van der Waals surface area (Å²) in [7, 11) is 0. The minimum atomic E-state index is -2.37. The molecule has 0 aliphatic carbocycles. The number of imide groups is 1. The lowest BCUT2D eigenvalue weighted by Gasteiger charge is -2.47. The number of ether oxygens (including phenoxy) is 5. The van der Waals surface area contributed by atoms with Gasteiger partial charge in [-0.15, -0.1) is 0 Å². The van der Waals surface area contributed by atoms with Crippen molar-refractivity contribution in [2.24, 2.45) is 0 Å². The van der Waals surface area contributed by atoms with E-state index in [0.29, 0.717) is 4.90 Å². The smallest absolute Gasteiger partial charge is 0.303 e. The molecule has 0 radical (unpaired) electrons. The SMILES string of the molecule is CC(=O)OC[C@H]1O[C@@H](OC(=N)C(Cl)(Cl)Cl)[C@H](N2C(=O)C(C)=C(C)C2=O)[C@@H](OC(C)=O)[C@@H]1OC(C)=O. The molecule has 2 amide bonds. The maximum atomic E-state index is 13.0. The fraction of sp³-hybridized carbons (Fsp3) is 0.600. The first-order valence-corrected chi connectivity index (χ1v) is 11.2. The Bertz CT molecular complexity index is 953. The molecule has 2 rings (SSSR count). The molecular weight excluding hydrogens is 535 g/mol. The third kappa shape index (κ3) is 6.63. The van der Waals surface area contributed by atoms with Crippen molar-refractivity contribution in [3.63, 3.8) is 0 Å². The molecule has 15 heteroatoms. The summed E-state index contributed by atoms with van der Waals surface area (Å²) in [5.74, 6) is -4.91. The molecule has 12 nitrogen and oxygen atoms in total. The van der Waals surface area contributed by atoms with Crippen LogP contribution < -0.4 is 0 Å². The zero-order valence-corrected chi connectivity index (χ0v) is 21.5. The predicted octanol–water partition coefficient (Wildman–Crippen LogP) is 1.58. The van der Waals surface area contributed by atoms with Crippen molar-refractivity contribution in [2.75, 3.05) is 6.61 Å². The summed E-state index contributed by atoms with van der Waals surface area (Å²) in [4.78, 5) is 62.0. The summed E-state index contributed by atoms with van der Waals surface area (Å²) < 4.78 is 24.4. The summed E-state index contributed by atoms with van der Waals surface area (Å²) in [6, 6.07) is -1.60. The van der Waals surface area contributed by atoms with Gasteiger partial charge in [-0.05, 0) is 13.8 Å². The molecule has 5 atom stereocenters. The third-order valence-electron chi connectivity index (χ3n) is 5.10. The van der Waals surface area contributed by atoms with E-state index in [-0.39, 0.29) is 11.1 Å². The van der Waals surface area contributed by atoms with Crippen LogP contribution in [0.5, 0.6) is 0 Å². The average Bonchev–Trinajstić information content (AvgIpc) is 2.90. The largest absolute Gasteiger partial charge is 0.463 e. The van der Waals surface area contributed by atoms with Gasteiger partial charge in [-0.2, -0.15) is 0 Å². The van der Waals surface area contributed by atoms with E-state index in [1.165, 1.54) is 13.8 Å². The molecule has 0 saturated carbocycles. The van der Waals surface area contributed by atoms with Crippen LogP contribution in [0.4, 0.5) is 0 Å². The first kappa shape index (κ1) is 28.8. The van der Waals surface area contributed by atoms with Crippen molar-refractivity contribution < 1.29 is 47.7 Å². The van der Waals surface area contributed by atoms with Gasteiger partial charge in [0.1, 0.15) is 18.8 Å². The van der Waals surface area contributed by atoms with Gasteiger partial charge in [-0.25, -0.2) is 0 Å². The van der Waals surface area contributed by atoms with Crippen molar-refractivity contribution in [1.82, 2.24) is 4.90 Å². The molecule has 35 heavy (non-hydrogen) atoms. The van der Waals surface area contributed by atoms with Gasteiger partial charge >= 0.3 is 17.9 Å². The molecule has 0 aromatic carbocycles. The Morgan fingerprint density at radius 2 is 1.40 bits per heavy atom. The molecule has 1 N–H and O–H groups in total. The zero-order valence-electron chi connectivity index (χ0n) is 19.3. The number of alkyl halides is 3. The van der Waals surface area contributed by atoms with Crippen LogP contribution in [0.15, 0.2) is 11.1 Å². The summed E-state index contributed by atoms with van der Waals surface area (Å²) >= 11 is 17.2. The highest BCUT2D eigenvalue weighted by Gasteiger charge is 2.58. The van der Waals surface area contributed by atoms with Crippen LogP contribution in [0.2, 0.25) is 0 Å². The number of nitrogens with zero attached hydrogens (tertiary/aromatic N) is 1. The van der Waals surface area contributed by atoms with Gasteiger partial charge in [-0.3, -0.25) is 34.3 Å². The summed E-state index contributed by atoms with van der Waals surface area (Å²) in [6.45, 7) is 5.52. The highest BCUT2D eigenvalue weighted by atomic mass is 35.6. The highest BCUT2D eigenvalue weighted by molar-refractivity contribution is 6.76. The second-order valence-corrected chi connectivity index (χ2v) is 9.94. The van der Waals surface area contributed by atoms with Crippen LogP contribution >= 0.6 is 34.8 Å². The fourth-order valence-corrected chi connectivity index (χ4v) is 3.62. The quantitative estimate of drug-likeness (QED) is 0.127. The van der Waals surface area contributed by atoms with E-state index in [1.54, 1.807) is 0 Å². The Labute approximate surface area is 215 Å². The lowest BCUT2D eigenvalue weighted by molar-refractivity contribution is -0.272. The van der Waals surface area contributed by atoms with Crippen molar-refractivity contribution in [1.29, 1.82) is 5.41 Å². The number of hydrogen-bond donors (Lipinski definition) is 1. The van der Waals surface area contributed by atoms with E-state index in [0.717, 1.165) is 20.8 Å². The summed E-state index contributed by atoms with van der Waals surface area (Å²) in [5, 5.41) is 7.95. The number of halogens is 3. The van der Waals surface area contributed by atoms with Crippen LogP contribution in [-0.2, 0) is 47.7 Å². The molecule has 1 saturated heterocycles. The number of amides is 2. The first-order chi connectivity index (χ1) is 16.1. The molecule has 194 valence electrons. The van der Waals surface area contributed by atoms with Gasteiger partial charge in [0.25, 0.3) is 15.6 Å². The van der Waals surface area contributed by atoms with E-state index in [4.69, 9.17) is 63.9 Å². The van der Waals surface area contributed by atoms with Gasteiger partial charge < -0.3 is 23.7 Å². The molecule has 0 aromatic heterocycles. The van der Waals surface area contributed by atoms with Crippen molar-refractivity contribution in [3.8, 4) is 0 Å². The van der Waals surface area contributed by atoms with Crippen molar-refractivity contribution >= 4 is 70.4 Å². The number of esters is 3. The third-order valence-corrected chi connectivity index (χ3v) is 5.62. The topological polar surface area (TPSA) is 159 Å². The average molecular weight is 558 g/mol. The van der Waals surface area contributed by atoms with Crippen LogP contribution in [0, 0.1) is 5.41 Å². The molecule has 2 heterocycles. The number of carbonyl (C=O) groups is 5. The second kappa shape index (κ2) is 11.1. The minimum Gasteiger partial charge on any atom is -0.463 e. The fourth-order valence-electron chi connectivity index (χ4n) is 3.48.